The van der Waals surface area contributed by atoms with Crippen molar-refractivity contribution in [2.75, 3.05) is 14.2 Å². The molecule has 39 heavy (non-hydrogen) atoms. The number of para-hydroxylation sites is 1. The molecule has 5 rings (SSSR count). The molecule has 0 radical (unpaired) electrons. The maximum Gasteiger partial charge on any atom is 0.282 e. The number of benzene rings is 3. The first kappa shape index (κ1) is 27.0. The number of hydrogen-bond acceptors (Lipinski definition) is 6. The zero-order chi connectivity index (χ0) is 27.4. The molecule has 3 aromatic carbocycles. The van der Waals surface area contributed by atoms with E-state index >= 15 is 0 Å². The number of hydrogen-bond donors (Lipinski definition) is 0. The van der Waals surface area contributed by atoms with E-state index in [1.54, 1.807) is 50.8 Å². The van der Waals surface area contributed by atoms with Gasteiger partial charge in [0.15, 0.2) is 11.5 Å². The van der Waals surface area contributed by atoms with E-state index in [0.29, 0.717) is 49.6 Å². The molecule has 0 amide bonds. The van der Waals surface area contributed by atoms with E-state index in [9.17, 15) is 4.79 Å². The molecule has 1 saturated carbocycles. The summed E-state index contributed by atoms with van der Waals surface area (Å²) in [5.41, 5.74) is 2.04. The first-order valence-corrected chi connectivity index (χ1v) is 13.6. The van der Waals surface area contributed by atoms with E-state index in [2.05, 4.69) is 5.10 Å². The van der Waals surface area contributed by atoms with Gasteiger partial charge in [-0.3, -0.25) is 4.79 Å². The number of nitrogens with zero attached hydrogens (tertiary/aromatic N) is 3. The van der Waals surface area contributed by atoms with Crippen LogP contribution in [0.1, 0.15) is 55.0 Å². The predicted molar refractivity (Wildman–Crippen MR) is 155 cm³/mol. The van der Waals surface area contributed by atoms with Crippen molar-refractivity contribution in [2.45, 2.75) is 44.6 Å². The monoisotopic (exact) mass is 565 g/mol. The third kappa shape index (κ3) is 5.89. The topological polar surface area (TPSA) is 74.9 Å². The number of rotatable bonds is 8. The summed E-state index contributed by atoms with van der Waals surface area (Å²) in [5.74, 6) is 2.26. The van der Waals surface area contributed by atoms with Crippen molar-refractivity contribution in [3.05, 3.63) is 91.9 Å². The minimum atomic E-state index is -0.182. The number of ether oxygens (including phenoxy) is 3. The molecule has 0 saturated heterocycles. The van der Waals surface area contributed by atoms with Crippen molar-refractivity contribution in [1.29, 1.82) is 0 Å². The maximum atomic E-state index is 13.5. The van der Waals surface area contributed by atoms with Crippen molar-refractivity contribution >= 4 is 40.3 Å². The molecule has 0 unspecified atom stereocenters. The highest BCUT2D eigenvalue weighted by atomic mass is 35.5. The van der Waals surface area contributed by atoms with Crippen molar-refractivity contribution in [1.82, 2.24) is 9.66 Å². The van der Waals surface area contributed by atoms with Crippen LogP contribution in [0.2, 0.25) is 10.0 Å². The van der Waals surface area contributed by atoms with Crippen LogP contribution >= 0.6 is 23.2 Å². The summed E-state index contributed by atoms with van der Waals surface area (Å²) in [5, 5.41) is 6.10. The van der Waals surface area contributed by atoms with Gasteiger partial charge in [-0.05, 0) is 54.8 Å². The summed E-state index contributed by atoms with van der Waals surface area (Å²) in [7, 11) is 3.11. The molecule has 1 aromatic heterocycles. The molecule has 0 atom stereocenters. The summed E-state index contributed by atoms with van der Waals surface area (Å²) in [6, 6.07) is 16.3. The second kappa shape index (κ2) is 12.1. The summed E-state index contributed by atoms with van der Waals surface area (Å²) in [4.78, 5) is 18.4. The van der Waals surface area contributed by atoms with Crippen molar-refractivity contribution in [3.63, 3.8) is 0 Å². The van der Waals surface area contributed by atoms with Crippen LogP contribution in [0.5, 0.6) is 17.2 Å². The Morgan fingerprint density at radius 3 is 2.38 bits per heavy atom. The molecule has 7 nitrogen and oxygen atoms in total. The minimum absolute atomic E-state index is 0.182. The Morgan fingerprint density at radius 1 is 0.974 bits per heavy atom. The van der Waals surface area contributed by atoms with Crippen LogP contribution in [0.15, 0.2) is 64.5 Å². The van der Waals surface area contributed by atoms with Gasteiger partial charge in [0.25, 0.3) is 5.56 Å². The smallest absolute Gasteiger partial charge is 0.282 e. The van der Waals surface area contributed by atoms with Crippen LogP contribution in [0.4, 0.5) is 0 Å². The number of halogens is 2. The third-order valence-electron chi connectivity index (χ3n) is 6.92. The van der Waals surface area contributed by atoms with Gasteiger partial charge in [0.05, 0.1) is 41.4 Å². The SMILES string of the molecule is COc1cc(C=Nn2c(C3CCCCC3)nc3ccccc3c2=O)cc(OC)c1OCc1ccc(Cl)c(Cl)c1. The molecule has 0 spiro atoms. The molecule has 0 aliphatic heterocycles. The van der Waals surface area contributed by atoms with E-state index in [1.165, 1.54) is 11.1 Å². The average molecular weight is 566 g/mol. The Balaban J connectivity index is 1.49. The van der Waals surface area contributed by atoms with Crippen molar-refractivity contribution in [3.8, 4) is 17.2 Å². The lowest BCUT2D eigenvalue weighted by Crippen LogP contribution is -2.25. The average Bonchev–Trinajstić information content (AvgIpc) is 2.97. The van der Waals surface area contributed by atoms with Crippen LogP contribution < -0.4 is 19.8 Å². The fourth-order valence-corrected chi connectivity index (χ4v) is 5.22. The molecular formula is C30H29Cl2N3O4. The molecule has 1 aliphatic carbocycles. The van der Waals surface area contributed by atoms with Crippen LogP contribution in [0, 0.1) is 0 Å². The Bertz CT molecular complexity index is 1550. The Morgan fingerprint density at radius 2 is 1.69 bits per heavy atom. The zero-order valence-electron chi connectivity index (χ0n) is 21.8. The van der Waals surface area contributed by atoms with Gasteiger partial charge in [0.1, 0.15) is 12.4 Å². The Labute approximate surface area is 236 Å². The maximum absolute atomic E-state index is 13.5. The molecular weight excluding hydrogens is 537 g/mol. The van der Waals surface area contributed by atoms with Gasteiger partial charge in [-0.25, -0.2) is 4.98 Å². The largest absolute Gasteiger partial charge is 0.493 e. The van der Waals surface area contributed by atoms with E-state index in [1.807, 2.05) is 24.3 Å². The van der Waals surface area contributed by atoms with Crippen molar-refractivity contribution < 1.29 is 14.2 Å². The fraction of sp³-hybridized carbons (Fsp3) is 0.300. The van der Waals surface area contributed by atoms with Gasteiger partial charge in [-0.2, -0.15) is 9.78 Å². The fourth-order valence-electron chi connectivity index (χ4n) is 4.90. The van der Waals surface area contributed by atoms with Gasteiger partial charge in [0.2, 0.25) is 5.75 Å². The van der Waals surface area contributed by atoms with Gasteiger partial charge in [0, 0.05) is 11.5 Å². The number of methoxy groups -OCH3 is 2. The van der Waals surface area contributed by atoms with Gasteiger partial charge < -0.3 is 14.2 Å². The van der Waals surface area contributed by atoms with Gasteiger partial charge in [-0.1, -0.05) is 60.7 Å². The molecule has 0 bridgehead atoms. The highest BCUT2D eigenvalue weighted by Crippen LogP contribution is 2.39. The predicted octanol–water partition coefficient (Wildman–Crippen LogP) is 7.23. The third-order valence-corrected chi connectivity index (χ3v) is 7.66. The van der Waals surface area contributed by atoms with Gasteiger partial charge >= 0.3 is 0 Å². The second-order valence-electron chi connectivity index (χ2n) is 9.48. The second-order valence-corrected chi connectivity index (χ2v) is 10.3. The van der Waals surface area contributed by atoms with Crippen LogP contribution in [0.3, 0.4) is 0 Å². The highest BCUT2D eigenvalue weighted by molar-refractivity contribution is 6.42. The molecule has 9 heteroatoms. The standard InChI is InChI=1S/C30H29Cl2N3O4/c1-37-26-15-20(16-27(38-2)28(26)39-18-19-12-13-23(31)24(32)14-19)17-33-35-29(21-8-4-3-5-9-21)34-25-11-7-6-10-22(25)30(35)36/h6-7,10-17,21H,3-5,8-9,18H2,1-2H3. The molecule has 202 valence electrons. The number of aromatic nitrogens is 2. The molecule has 1 heterocycles. The number of fused-ring (bicyclic) bond motifs is 1. The van der Waals surface area contributed by atoms with Crippen molar-refractivity contribution in [2.24, 2.45) is 5.10 Å². The highest BCUT2D eigenvalue weighted by Gasteiger charge is 2.22. The van der Waals surface area contributed by atoms with Crippen LogP contribution in [0.25, 0.3) is 10.9 Å². The van der Waals surface area contributed by atoms with E-state index in [4.69, 9.17) is 42.4 Å². The van der Waals surface area contributed by atoms with Crippen LogP contribution in [-0.2, 0) is 6.61 Å². The lowest BCUT2D eigenvalue weighted by molar-refractivity contribution is 0.266. The van der Waals surface area contributed by atoms with Gasteiger partial charge in [-0.15, -0.1) is 0 Å². The summed E-state index contributed by atoms with van der Waals surface area (Å²) in [6.45, 7) is 0.236. The molecule has 4 aromatic rings. The first-order chi connectivity index (χ1) is 19.0. The quantitative estimate of drug-likeness (QED) is 0.211. The summed E-state index contributed by atoms with van der Waals surface area (Å²) in [6.07, 6.45) is 7.05. The normalized spacial score (nSPS) is 14.2. The lowest BCUT2D eigenvalue weighted by Gasteiger charge is -2.22. The zero-order valence-corrected chi connectivity index (χ0v) is 23.3. The van der Waals surface area contributed by atoms with E-state index in [0.717, 1.165) is 31.2 Å². The molecule has 1 fully saturated rings. The summed E-state index contributed by atoms with van der Waals surface area (Å²) >= 11 is 12.2. The first-order valence-electron chi connectivity index (χ1n) is 12.9. The molecule has 1 aliphatic rings. The Hall–Kier alpha value is -3.55. The minimum Gasteiger partial charge on any atom is -0.493 e. The van der Waals surface area contributed by atoms with Crippen LogP contribution in [-0.4, -0.2) is 30.1 Å². The van der Waals surface area contributed by atoms with E-state index < -0.39 is 0 Å². The Kier molecular flexibility index (Phi) is 8.38. The molecule has 0 N–H and O–H groups in total. The lowest BCUT2D eigenvalue weighted by atomic mass is 9.88. The van der Waals surface area contributed by atoms with E-state index in [-0.39, 0.29) is 18.1 Å². The summed E-state index contributed by atoms with van der Waals surface area (Å²) < 4.78 is 18.7.